The van der Waals surface area contributed by atoms with Crippen LogP contribution < -0.4 is 0 Å². The highest BCUT2D eigenvalue weighted by Gasteiger charge is 2.18. The van der Waals surface area contributed by atoms with E-state index in [-0.39, 0.29) is 0 Å². The lowest BCUT2D eigenvalue weighted by molar-refractivity contribution is 1.18. The van der Waals surface area contributed by atoms with Gasteiger partial charge in [0, 0.05) is 36.9 Å². The summed E-state index contributed by atoms with van der Waals surface area (Å²) in [7, 11) is 0. The van der Waals surface area contributed by atoms with E-state index in [0.29, 0.717) is 5.82 Å². The summed E-state index contributed by atoms with van der Waals surface area (Å²) in [6, 6.07) is 74.1. The number of nitrogens with zero attached hydrogens (tertiary/aromatic N) is 2. The molecule has 0 saturated carbocycles. The van der Waals surface area contributed by atoms with Crippen molar-refractivity contribution in [2.75, 3.05) is 0 Å². The van der Waals surface area contributed by atoms with Crippen LogP contribution in [-0.2, 0) is 0 Å². The molecule has 9 aromatic carbocycles. The van der Waals surface area contributed by atoms with E-state index in [9.17, 15) is 0 Å². The van der Waals surface area contributed by atoms with E-state index in [2.05, 4.69) is 182 Å². The minimum Gasteiger partial charge on any atom is -0.228 e. The summed E-state index contributed by atoms with van der Waals surface area (Å²) < 4.78 is 2.58. The molecule has 0 bridgehead atoms. The summed E-state index contributed by atoms with van der Waals surface area (Å²) in [6.07, 6.45) is 0. The standard InChI is InChI=1S/C54H34N2S/c1-3-16-35(17-4-1)50-34-51(56-54(55-50)36-18-5-2-6-19-36)40-31-38(30-39(32-40)43-27-15-28-48-47-26-13-14-29-52(47)57-53(43)48)42-22-9-10-24-45(42)49-33-37-20-7-8-21-41(37)44-23-11-12-25-46(44)49/h1-34H. The number of rotatable bonds is 6. The monoisotopic (exact) mass is 742 g/mol. The molecule has 0 atom stereocenters. The second kappa shape index (κ2) is 13.8. The van der Waals surface area contributed by atoms with Gasteiger partial charge in [-0.05, 0) is 91.3 Å². The van der Waals surface area contributed by atoms with E-state index < -0.39 is 0 Å². The van der Waals surface area contributed by atoms with Crippen LogP contribution >= 0.6 is 11.3 Å². The van der Waals surface area contributed by atoms with Crippen molar-refractivity contribution in [2.45, 2.75) is 0 Å². The van der Waals surface area contributed by atoms with Crippen molar-refractivity contribution in [3.63, 3.8) is 0 Å². The Hall–Kier alpha value is -7.20. The van der Waals surface area contributed by atoms with Crippen molar-refractivity contribution in [2.24, 2.45) is 0 Å². The predicted molar refractivity (Wildman–Crippen MR) is 243 cm³/mol. The van der Waals surface area contributed by atoms with Crippen LogP contribution in [0.1, 0.15) is 0 Å². The minimum atomic E-state index is 0.702. The third kappa shape index (κ3) is 5.88. The minimum absolute atomic E-state index is 0.702. The maximum absolute atomic E-state index is 5.31. The molecule has 0 unspecified atom stereocenters. The van der Waals surface area contributed by atoms with Crippen LogP contribution in [0.25, 0.3) is 109 Å². The maximum Gasteiger partial charge on any atom is 0.160 e. The van der Waals surface area contributed by atoms with Gasteiger partial charge >= 0.3 is 0 Å². The molecule has 0 radical (unpaired) electrons. The lowest BCUT2D eigenvalue weighted by Gasteiger charge is -2.17. The SMILES string of the molecule is c1ccc(-c2cc(-c3cc(-c4ccccc4-c4cc5ccccc5c5ccccc45)cc(-c4cccc5c4sc4ccccc45)c3)nc(-c3ccccc3)n2)cc1. The maximum atomic E-state index is 5.31. The highest BCUT2D eigenvalue weighted by atomic mass is 32.1. The van der Waals surface area contributed by atoms with Gasteiger partial charge in [0.25, 0.3) is 0 Å². The van der Waals surface area contributed by atoms with Crippen LogP contribution in [-0.4, -0.2) is 9.97 Å². The van der Waals surface area contributed by atoms with Crippen LogP contribution in [0, 0.1) is 0 Å². The van der Waals surface area contributed by atoms with Gasteiger partial charge in [0.15, 0.2) is 5.82 Å². The molecule has 0 spiro atoms. The lowest BCUT2D eigenvalue weighted by Crippen LogP contribution is -1.97. The smallest absolute Gasteiger partial charge is 0.160 e. The van der Waals surface area contributed by atoms with Crippen molar-refractivity contribution in [3.8, 4) is 67.3 Å². The zero-order chi connectivity index (χ0) is 37.7. The van der Waals surface area contributed by atoms with Crippen molar-refractivity contribution >= 4 is 53.1 Å². The van der Waals surface area contributed by atoms with Crippen molar-refractivity contribution in [3.05, 3.63) is 206 Å². The van der Waals surface area contributed by atoms with Gasteiger partial charge in [-0.25, -0.2) is 9.97 Å². The van der Waals surface area contributed by atoms with Gasteiger partial charge in [0.1, 0.15) is 0 Å². The van der Waals surface area contributed by atoms with E-state index >= 15 is 0 Å². The molecule has 2 aromatic heterocycles. The van der Waals surface area contributed by atoms with Crippen LogP contribution in [0.15, 0.2) is 206 Å². The third-order valence-electron chi connectivity index (χ3n) is 11.1. The first-order valence-corrected chi connectivity index (χ1v) is 20.1. The molecule has 0 saturated heterocycles. The summed E-state index contributed by atoms with van der Waals surface area (Å²) in [4.78, 5) is 10.4. The zero-order valence-electron chi connectivity index (χ0n) is 30.9. The van der Waals surface area contributed by atoms with E-state index in [0.717, 1.165) is 39.2 Å². The first-order valence-electron chi connectivity index (χ1n) is 19.3. The Morgan fingerprint density at radius 1 is 0.298 bits per heavy atom. The molecule has 0 amide bonds. The number of fused-ring (bicyclic) bond motifs is 6. The number of aromatic nitrogens is 2. The number of benzene rings is 9. The van der Waals surface area contributed by atoms with Crippen LogP contribution in [0.2, 0.25) is 0 Å². The quantitative estimate of drug-likeness (QED) is 0.159. The van der Waals surface area contributed by atoms with E-state index in [1.165, 1.54) is 64.0 Å². The highest BCUT2D eigenvalue weighted by molar-refractivity contribution is 7.26. The molecule has 11 rings (SSSR count). The normalized spacial score (nSPS) is 11.5. The molecule has 2 nitrogen and oxygen atoms in total. The summed E-state index contributed by atoms with van der Waals surface area (Å²) in [5, 5.41) is 7.57. The van der Waals surface area contributed by atoms with Crippen LogP contribution in [0.4, 0.5) is 0 Å². The average molecular weight is 743 g/mol. The van der Waals surface area contributed by atoms with Crippen molar-refractivity contribution in [1.29, 1.82) is 0 Å². The number of hydrogen-bond acceptors (Lipinski definition) is 3. The molecule has 0 aliphatic carbocycles. The fraction of sp³-hybridized carbons (Fsp3) is 0. The molecular weight excluding hydrogens is 709 g/mol. The summed E-state index contributed by atoms with van der Waals surface area (Å²) in [5.74, 6) is 0.702. The Bertz CT molecular complexity index is 3230. The molecule has 0 N–H and O–H groups in total. The Balaban J connectivity index is 1.19. The Kier molecular flexibility index (Phi) is 8.04. The summed E-state index contributed by atoms with van der Waals surface area (Å²) in [5.41, 5.74) is 11.9. The summed E-state index contributed by atoms with van der Waals surface area (Å²) >= 11 is 1.86. The van der Waals surface area contributed by atoms with E-state index in [1.54, 1.807) is 0 Å². The van der Waals surface area contributed by atoms with Crippen molar-refractivity contribution < 1.29 is 0 Å². The van der Waals surface area contributed by atoms with E-state index in [1.807, 2.05) is 35.6 Å². The Morgan fingerprint density at radius 3 is 1.63 bits per heavy atom. The van der Waals surface area contributed by atoms with Gasteiger partial charge in [0.2, 0.25) is 0 Å². The van der Waals surface area contributed by atoms with Gasteiger partial charge in [-0.1, -0.05) is 170 Å². The van der Waals surface area contributed by atoms with Crippen LogP contribution in [0.3, 0.4) is 0 Å². The fourth-order valence-corrected chi connectivity index (χ4v) is 9.61. The molecule has 0 aliphatic rings. The fourth-order valence-electron chi connectivity index (χ4n) is 8.38. The second-order valence-corrected chi connectivity index (χ2v) is 15.6. The van der Waals surface area contributed by atoms with E-state index in [4.69, 9.17) is 9.97 Å². The van der Waals surface area contributed by atoms with Gasteiger partial charge in [-0.3, -0.25) is 0 Å². The molecule has 0 aliphatic heterocycles. The van der Waals surface area contributed by atoms with Gasteiger partial charge in [0.05, 0.1) is 11.4 Å². The second-order valence-electron chi connectivity index (χ2n) is 14.5. The molecule has 11 aromatic rings. The predicted octanol–water partition coefficient (Wildman–Crippen LogP) is 15.2. The molecule has 57 heavy (non-hydrogen) atoms. The Labute approximate surface area is 335 Å². The largest absolute Gasteiger partial charge is 0.228 e. The van der Waals surface area contributed by atoms with Crippen LogP contribution in [0.5, 0.6) is 0 Å². The summed E-state index contributed by atoms with van der Waals surface area (Å²) in [6.45, 7) is 0. The average Bonchev–Trinajstić information content (AvgIpc) is 3.68. The Morgan fingerprint density at radius 2 is 0.842 bits per heavy atom. The lowest BCUT2D eigenvalue weighted by atomic mass is 9.87. The first kappa shape index (κ1) is 33.2. The topological polar surface area (TPSA) is 25.8 Å². The molecule has 266 valence electrons. The van der Waals surface area contributed by atoms with Gasteiger partial charge in [-0.2, -0.15) is 0 Å². The van der Waals surface area contributed by atoms with Gasteiger partial charge in [-0.15, -0.1) is 11.3 Å². The number of thiophene rings is 1. The molecular formula is C54H34N2S. The molecule has 3 heteroatoms. The number of hydrogen-bond donors (Lipinski definition) is 0. The van der Waals surface area contributed by atoms with Crippen molar-refractivity contribution in [1.82, 2.24) is 9.97 Å². The third-order valence-corrected chi connectivity index (χ3v) is 12.3. The molecule has 2 heterocycles. The van der Waals surface area contributed by atoms with Gasteiger partial charge < -0.3 is 0 Å². The zero-order valence-corrected chi connectivity index (χ0v) is 31.7. The first-order chi connectivity index (χ1) is 28.2. The molecule has 0 fully saturated rings. The highest BCUT2D eigenvalue weighted by Crippen LogP contribution is 2.45.